The Morgan fingerprint density at radius 1 is 1.67 bits per heavy atom. The summed E-state index contributed by atoms with van der Waals surface area (Å²) >= 11 is 3.01. The predicted octanol–water partition coefficient (Wildman–Crippen LogP) is 2.64. The Morgan fingerprint density at radius 3 is 2.93 bits per heavy atom. The molecule has 0 saturated heterocycles. The molecule has 0 heterocycles. The SMILES string of the molecule is CCOC(=N)C(O)c1cccc(Br)c1F. The lowest BCUT2D eigenvalue weighted by Gasteiger charge is -2.13. The van der Waals surface area contributed by atoms with E-state index in [0.29, 0.717) is 0 Å². The van der Waals surface area contributed by atoms with E-state index in [1.807, 2.05) is 0 Å². The molecule has 0 aliphatic carbocycles. The van der Waals surface area contributed by atoms with Gasteiger partial charge in [0.25, 0.3) is 0 Å². The third kappa shape index (κ3) is 2.76. The first-order chi connectivity index (χ1) is 7.07. The van der Waals surface area contributed by atoms with Gasteiger partial charge in [0.15, 0.2) is 6.10 Å². The molecule has 0 saturated carbocycles. The largest absolute Gasteiger partial charge is 0.479 e. The van der Waals surface area contributed by atoms with Crippen molar-refractivity contribution in [1.29, 1.82) is 5.41 Å². The van der Waals surface area contributed by atoms with E-state index in [2.05, 4.69) is 15.9 Å². The summed E-state index contributed by atoms with van der Waals surface area (Å²) in [5.41, 5.74) is 0.0304. The fourth-order valence-corrected chi connectivity index (χ4v) is 1.49. The van der Waals surface area contributed by atoms with Crippen molar-refractivity contribution in [3.05, 3.63) is 34.1 Å². The van der Waals surface area contributed by atoms with Crippen LogP contribution >= 0.6 is 15.9 Å². The lowest BCUT2D eigenvalue weighted by atomic mass is 10.1. The summed E-state index contributed by atoms with van der Waals surface area (Å²) in [6.07, 6.45) is -1.36. The summed E-state index contributed by atoms with van der Waals surface area (Å²) in [6, 6.07) is 4.53. The molecule has 1 atom stereocenters. The van der Waals surface area contributed by atoms with Gasteiger partial charge < -0.3 is 9.84 Å². The van der Waals surface area contributed by atoms with Gasteiger partial charge in [0, 0.05) is 5.56 Å². The number of aliphatic hydroxyl groups excluding tert-OH is 1. The van der Waals surface area contributed by atoms with Gasteiger partial charge in [-0.3, -0.25) is 5.41 Å². The summed E-state index contributed by atoms with van der Waals surface area (Å²) in [4.78, 5) is 0. The normalized spacial score (nSPS) is 12.3. The number of hydrogen-bond donors (Lipinski definition) is 2. The van der Waals surface area contributed by atoms with E-state index >= 15 is 0 Å². The van der Waals surface area contributed by atoms with E-state index in [4.69, 9.17) is 10.1 Å². The molecule has 0 amide bonds. The monoisotopic (exact) mass is 275 g/mol. The van der Waals surface area contributed by atoms with Gasteiger partial charge in [0.2, 0.25) is 5.90 Å². The van der Waals surface area contributed by atoms with E-state index in [1.165, 1.54) is 12.1 Å². The number of halogens is 2. The quantitative estimate of drug-likeness (QED) is 0.658. The average Bonchev–Trinajstić information content (AvgIpc) is 2.21. The molecule has 0 bridgehead atoms. The van der Waals surface area contributed by atoms with E-state index in [9.17, 15) is 9.50 Å². The summed E-state index contributed by atoms with van der Waals surface area (Å²) in [7, 11) is 0. The van der Waals surface area contributed by atoms with Gasteiger partial charge in [-0.05, 0) is 28.9 Å². The maximum absolute atomic E-state index is 13.5. The van der Waals surface area contributed by atoms with Gasteiger partial charge >= 0.3 is 0 Å². The maximum Gasteiger partial charge on any atom is 0.215 e. The fourth-order valence-electron chi connectivity index (χ4n) is 1.11. The molecule has 0 fully saturated rings. The van der Waals surface area contributed by atoms with Gasteiger partial charge in [-0.25, -0.2) is 4.39 Å². The highest BCUT2D eigenvalue weighted by molar-refractivity contribution is 9.10. The van der Waals surface area contributed by atoms with Crippen molar-refractivity contribution in [2.24, 2.45) is 0 Å². The molecule has 1 rings (SSSR count). The van der Waals surface area contributed by atoms with Crippen LogP contribution in [0.3, 0.4) is 0 Å². The smallest absolute Gasteiger partial charge is 0.215 e. The molecule has 1 aromatic carbocycles. The van der Waals surface area contributed by atoms with Crippen LogP contribution in [-0.2, 0) is 4.74 Å². The third-order valence-electron chi connectivity index (χ3n) is 1.82. The molecule has 0 radical (unpaired) electrons. The van der Waals surface area contributed by atoms with Crippen molar-refractivity contribution in [1.82, 2.24) is 0 Å². The van der Waals surface area contributed by atoms with Crippen molar-refractivity contribution in [2.45, 2.75) is 13.0 Å². The Morgan fingerprint density at radius 2 is 2.33 bits per heavy atom. The first kappa shape index (κ1) is 12.1. The molecule has 0 aromatic heterocycles. The molecule has 0 aliphatic heterocycles. The minimum atomic E-state index is -1.36. The van der Waals surface area contributed by atoms with Crippen molar-refractivity contribution in [2.75, 3.05) is 6.61 Å². The number of ether oxygens (including phenoxy) is 1. The van der Waals surface area contributed by atoms with Crippen LogP contribution in [0.4, 0.5) is 4.39 Å². The zero-order valence-electron chi connectivity index (χ0n) is 8.13. The van der Waals surface area contributed by atoms with E-state index in [-0.39, 0.29) is 22.5 Å². The van der Waals surface area contributed by atoms with Gasteiger partial charge in [0.05, 0.1) is 11.1 Å². The van der Waals surface area contributed by atoms with Crippen LogP contribution in [0.1, 0.15) is 18.6 Å². The molecule has 1 unspecified atom stereocenters. The number of hydrogen-bond acceptors (Lipinski definition) is 3. The van der Waals surface area contributed by atoms with Crippen LogP contribution in [0.15, 0.2) is 22.7 Å². The minimum Gasteiger partial charge on any atom is -0.479 e. The molecular formula is C10H11BrFNO2. The van der Waals surface area contributed by atoms with Gasteiger partial charge in [-0.1, -0.05) is 12.1 Å². The lowest BCUT2D eigenvalue weighted by Crippen LogP contribution is -2.16. The minimum absolute atomic E-state index is 0.0304. The fraction of sp³-hybridized carbons (Fsp3) is 0.300. The van der Waals surface area contributed by atoms with Crippen LogP contribution < -0.4 is 0 Å². The second kappa shape index (κ2) is 5.23. The number of nitrogens with one attached hydrogen (secondary N) is 1. The molecular weight excluding hydrogens is 265 g/mol. The third-order valence-corrected chi connectivity index (χ3v) is 2.44. The molecule has 2 N–H and O–H groups in total. The lowest BCUT2D eigenvalue weighted by molar-refractivity contribution is 0.186. The first-order valence-corrected chi connectivity index (χ1v) is 5.20. The van der Waals surface area contributed by atoms with E-state index in [0.717, 1.165) is 0 Å². The van der Waals surface area contributed by atoms with Gasteiger partial charge in [-0.15, -0.1) is 0 Å². The summed E-state index contributed by atoms with van der Waals surface area (Å²) < 4.78 is 18.6. The van der Waals surface area contributed by atoms with Gasteiger partial charge in [0.1, 0.15) is 5.82 Å². The van der Waals surface area contributed by atoms with Crippen molar-refractivity contribution >= 4 is 21.8 Å². The summed E-state index contributed by atoms with van der Waals surface area (Å²) in [5, 5.41) is 17.0. The average molecular weight is 276 g/mol. The Hall–Kier alpha value is -0.940. The molecule has 82 valence electrons. The van der Waals surface area contributed by atoms with Crippen LogP contribution in [0.2, 0.25) is 0 Å². The predicted molar refractivity (Wildman–Crippen MR) is 58.4 cm³/mol. The number of aliphatic hydroxyl groups is 1. The topological polar surface area (TPSA) is 53.3 Å². The number of rotatable bonds is 3. The zero-order chi connectivity index (χ0) is 11.4. The molecule has 0 spiro atoms. The molecule has 5 heteroatoms. The maximum atomic E-state index is 13.5. The Balaban J connectivity index is 2.96. The zero-order valence-corrected chi connectivity index (χ0v) is 9.71. The van der Waals surface area contributed by atoms with Crippen LogP contribution in [-0.4, -0.2) is 17.6 Å². The highest BCUT2D eigenvalue weighted by atomic mass is 79.9. The molecule has 3 nitrogen and oxygen atoms in total. The summed E-state index contributed by atoms with van der Waals surface area (Å²) in [6.45, 7) is 1.96. The second-order valence-electron chi connectivity index (χ2n) is 2.84. The second-order valence-corrected chi connectivity index (χ2v) is 3.70. The highest BCUT2D eigenvalue weighted by Crippen LogP contribution is 2.24. The molecule has 1 aromatic rings. The standard InChI is InChI=1S/C10H11BrFNO2/c1-2-15-10(13)9(14)6-4-3-5-7(11)8(6)12/h3-5,9,13-14H,2H2,1H3. The first-order valence-electron chi connectivity index (χ1n) is 4.41. The number of benzene rings is 1. The Kier molecular flexibility index (Phi) is 4.23. The van der Waals surface area contributed by atoms with Crippen LogP contribution in [0.25, 0.3) is 0 Å². The molecule has 15 heavy (non-hydrogen) atoms. The summed E-state index contributed by atoms with van der Waals surface area (Å²) in [5.74, 6) is -0.927. The van der Waals surface area contributed by atoms with Crippen molar-refractivity contribution in [3.63, 3.8) is 0 Å². The highest BCUT2D eigenvalue weighted by Gasteiger charge is 2.19. The molecule has 0 aliphatic rings. The van der Waals surface area contributed by atoms with Crippen molar-refractivity contribution in [3.8, 4) is 0 Å². The van der Waals surface area contributed by atoms with Crippen LogP contribution in [0, 0.1) is 11.2 Å². The van der Waals surface area contributed by atoms with E-state index in [1.54, 1.807) is 13.0 Å². The Bertz CT molecular complexity index is 370. The van der Waals surface area contributed by atoms with Crippen molar-refractivity contribution < 1.29 is 14.2 Å². The van der Waals surface area contributed by atoms with Crippen LogP contribution in [0.5, 0.6) is 0 Å². The van der Waals surface area contributed by atoms with Gasteiger partial charge in [-0.2, -0.15) is 0 Å². The van der Waals surface area contributed by atoms with E-state index < -0.39 is 11.9 Å². The Labute approximate surface area is 95.5 Å².